The number of carbonyl (C=O) groups is 1. The van der Waals surface area contributed by atoms with Crippen LogP contribution in [0.1, 0.15) is 72.9 Å². The minimum atomic E-state index is -0.272. The zero-order valence-electron chi connectivity index (χ0n) is 20.0. The van der Waals surface area contributed by atoms with E-state index in [1.54, 1.807) is 12.3 Å². The smallest absolute Gasteiger partial charge is 0.256 e. The maximum Gasteiger partial charge on any atom is 0.256 e. The van der Waals surface area contributed by atoms with E-state index in [4.69, 9.17) is 16.6 Å². The summed E-state index contributed by atoms with van der Waals surface area (Å²) in [6.07, 6.45) is 9.30. The lowest BCUT2D eigenvalue weighted by atomic mass is 9.93. The van der Waals surface area contributed by atoms with E-state index in [0.717, 1.165) is 31.5 Å². The third kappa shape index (κ3) is 5.71. The van der Waals surface area contributed by atoms with Crippen molar-refractivity contribution in [3.63, 3.8) is 0 Å². The third-order valence-corrected chi connectivity index (χ3v) is 8.22. The molecule has 1 aromatic carbocycles. The third-order valence-electron chi connectivity index (χ3n) is 7.86. The van der Waals surface area contributed by atoms with Crippen molar-refractivity contribution in [1.29, 1.82) is 0 Å². The van der Waals surface area contributed by atoms with E-state index >= 15 is 0 Å². The highest BCUT2D eigenvalue weighted by molar-refractivity contribution is 6.31. The number of aliphatic hydroxyl groups is 2. The van der Waals surface area contributed by atoms with Gasteiger partial charge in [-0.15, -0.1) is 0 Å². The van der Waals surface area contributed by atoms with Crippen LogP contribution in [0.5, 0.6) is 0 Å². The number of aliphatic hydroxyl groups excluding tert-OH is 2. The summed E-state index contributed by atoms with van der Waals surface area (Å²) < 4.78 is 0. The van der Waals surface area contributed by atoms with Crippen LogP contribution in [-0.2, 0) is 13.2 Å². The Hall–Kier alpha value is -2.42. The Kier molecular flexibility index (Phi) is 7.14. The first-order chi connectivity index (χ1) is 16.9. The van der Waals surface area contributed by atoms with E-state index in [1.807, 2.05) is 12.1 Å². The average molecular weight is 500 g/mol. The fourth-order valence-electron chi connectivity index (χ4n) is 5.18. The van der Waals surface area contributed by atoms with E-state index in [0.29, 0.717) is 52.7 Å². The first-order valence-corrected chi connectivity index (χ1v) is 13.1. The predicted octanol–water partition coefficient (Wildman–Crippen LogP) is 3.65. The summed E-state index contributed by atoms with van der Waals surface area (Å²) in [4.78, 5) is 24.8. The topological polar surface area (TPSA) is 111 Å². The van der Waals surface area contributed by atoms with Crippen LogP contribution >= 0.6 is 11.6 Å². The molecule has 0 atom stereocenters. The molecule has 8 nitrogen and oxygen atoms in total. The Morgan fingerprint density at radius 3 is 2.54 bits per heavy atom. The second kappa shape index (κ2) is 10.3. The van der Waals surface area contributed by atoms with Gasteiger partial charge in [0.25, 0.3) is 5.91 Å². The van der Waals surface area contributed by atoms with Crippen LogP contribution < -0.4 is 15.5 Å². The minimum absolute atomic E-state index is 0.0417. The number of hydrogen-bond acceptors (Lipinski definition) is 7. The van der Waals surface area contributed by atoms with Gasteiger partial charge in [-0.25, -0.2) is 4.98 Å². The fraction of sp³-hybridized carbons (Fsp3) is 0.577. The van der Waals surface area contributed by atoms with E-state index in [9.17, 15) is 15.0 Å². The summed E-state index contributed by atoms with van der Waals surface area (Å²) in [6, 6.07) is 5.56. The Balaban J connectivity index is 1.33. The standard InChI is InChI=1S/C26H34ClN5O3/c27-22-13-17(1-2-18(22)16-33)14-28-23-21(24(35)30-19-3-5-20(34)6-4-19)15-29-25(31-23)32-11-9-26(7-8-26)10-12-32/h1-2,13,15,19-20,33-34H,3-12,14,16H2,(H,30,35)(H,28,29,31). The van der Waals surface area contributed by atoms with Crippen molar-refractivity contribution in [2.75, 3.05) is 23.3 Å². The second-order valence-corrected chi connectivity index (χ2v) is 10.7. The van der Waals surface area contributed by atoms with Crippen molar-refractivity contribution in [3.05, 3.63) is 46.1 Å². The van der Waals surface area contributed by atoms with Crippen molar-refractivity contribution < 1.29 is 15.0 Å². The number of rotatable bonds is 7. The van der Waals surface area contributed by atoms with Gasteiger partial charge in [-0.3, -0.25) is 4.79 Å². The Labute approximate surface area is 211 Å². The number of aromatic nitrogens is 2. The first-order valence-electron chi connectivity index (χ1n) is 12.7. The molecule has 0 unspecified atom stereocenters. The van der Waals surface area contributed by atoms with Gasteiger partial charge in [-0.1, -0.05) is 23.7 Å². The van der Waals surface area contributed by atoms with Gasteiger partial charge in [0.05, 0.1) is 12.7 Å². The first kappa shape index (κ1) is 24.3. The van der Waals surface area contributed by atoms with Gasteiger partial charge in [-0.2, -0.15) is 4.98 Å². The van der Waals surface area contributed by atoms with Crippen LogP contribution in [0, 0.1) is 5.41 Å². The van der Waals surface area contributed by atoms with E-state index < -0.39 is 0 Å². The number of nitrogens with one attached hydrogen (secondary N) is 2. The monoisotopic (exact) mass is 499 g/mol. The molecule has 4 N–H and O–H groups in total. The molecule has 2 aliphatic carbocycles. The molecule has 188 valence electrons. The second-order valence-electron chi connectivity index (χ2n) is 10.3. The molecule has 5 rings (SSSR count). The molecule has 35 heavy (non-hydrogen) atoms. The molecule has 0 bridgehead atoms. The summed E-state index contributed by atoms with van der Waals surface area (Å²) in [6.45, 7) is 2.20. The molecule has 1 aliphatic heterocycles. The summed E-state index contributed by atoms with van der Waals surface area (Å²) in [5, 5.41) is 26.1. The van der Waals surface area contributed by atoms with Crippen LogP contribution in [-0.4, -0.2) is 51.3 Å². The lowest BCUT2D eigenvalue weighted by molar-refractivity contribution is 0.0867. The van der Waals surface area contributed by atoms with Crippen molar-refractivity contribution in [1.82, 2.24) is 15.3 Å². The summed E-state index contributed by atoms with van der Waals surface area (Å²) >= 11 is 6.26. The molecule has 3 aliphatic rings. The molecule has 3 fully saturated rings. The van der Waals surface area contributed by atoms with Gasteiger partial charge < -0.3 is 25.7 Å². The van der Waals surface area contributed by atoms with E-state index in [-0.39, 0.29) is 24.7 Å². The number of hydrogen-bond donors (Lipinski definition) is 4. The molecule has 0 radical (unpaired) electrons. The number of carbonyl (C=O) groups excluding carboxylic acids is 1. The summed E-state index contributed by atoms with van der Waals surface area (Å²) in [5.74, 6) is 0.941. The van der Waals surface area contributed by atoms with Crippen LogP contribution in [0.15, 0.2) is 24.4 Å². The fourth-order valence-corrected chi connectivity index (χ4v) is 5.44. The Morgan fingerprint density at radius 2 is 1.89 bits per heavy atom. The molecule has 1 aromatic heterocycles. The highest BCUT2D eigenvalue weighted by atomic mass is 35.5. The maximum atomic E-state index is 13.2. The predicted molar refractivity (Wildman–Crippen MR) is 136 cm³/mol. The van der Waals surface area contributed by atoms with Gasteiger partial charge >= 0.3 is 0 Å². The highest BCUT2D eigenvalue weighted by Crippen LogP contribution is 2.53. The van der Waals surface area contributed by atoms with Gasteiger partial charge in [0, 0.05) is 36.9 Å². The quantitative estimate of drug-likeness (QED) is 0.460. The normalized spacial score (nSPS) is 23.2. The number of nitrogens with zero attached hydrogens (tertiary/aromatic N) is 3. The maximum absolute atomic E-state index is 13.2. The average Bonchev–Trinajstić information content (AvgIpc) is 3.63. The number of halogens is 1. The van der Waals surface area contributed by atoms with Crippen LogP contribution in [0.3, 0.4) is 0 Å². The van der Waals surface area contributed by atoms with Gasteiger partial charge in [-0.05, 0) is 74.0 Å². The molecule has 1 saturated heterocycles. The van der Waals surface area contributed by atoms with Gasteiger partial charge in [0.15, 0.2) is 0 Å². The minimum Gasteiger partial charge on any atom is -0.393 e. The zero-order chi connectivity index (χ0) is 24.4. The SMILES string of the molecule is O=C(NC1CCC(O)CC1)c1cnc(N2CCC3(CC2)CC3)nc1NCc1ccc(CO)c(Cl)c1. The molecule has 1 spiro atoms. The Bertz CT molecular complexity index is 1060. The molecule has 1 amide bonds. The zero-order valence-corrected chi connectivity index (χ0v) is 20.7. The van der Waals surface area contributed by atoms with Crippen molar-refractivity contribution in [2.45, 2.75) is 76.7 Å². The molecular formula is C26H34ClN5O3. The number of anilines is 2. The van der Waals surface area contributed by atoms with Crippen molar-refractivity contribution >= 4 is 29.3 Å². The van der Waals surface area contributed by atoms with Crippen LogP contribution in [0.4, 0.5) is 11.8 Å². The van der Waals surface area contributed by atoms with E-state index in [2.05, 4.69) is 20.5 Å². The molecule has 2 heterocycles. The van der Waals surface area contributed by atoms with Crippen molar-refractivity contribution in [3.8, 4) is 0 Å². The van der Waals surface area contributed by atoms with E-state index in [1.165, 1.54) is 25.7 Å². The number of amides is 1. The van der Waals surface area contributed by atoms with Crippen LogP contribution in [0.25, 0.3) is 0 Å². The summed E-state index contributed by atoms with van der Waals surface area (Å²) in [5.41, 5.74) is 2.57. The highest BCUT2D eigenvalue weighted by Gasteiger charge is 2.44. The lowest BCUT2D eigenvalue weighted by Crippen LogP contribution is -2.39. The molecule has 2 aromatic rings. The van der Waals surface area contributed by atoms with Gasteiger partial charge in [0.2, 0.25) is 5.95 Å². The van der Waals surface area contributed by atoms with Gasteiger partial charge in [0.1, 0.15) is 11.4 Å². The molecule has 2 saturated carbocycles. The van der Waals surface area contributed by atoms with Crippen LogP contribution in [0.2, 0.25) is 5.02 Å². The summed E-state index contributed by atoms with van der Waals surface area (Å²) in [7, 11) is 0. The number of benzene rings is 1. The number of piperidine rings is 1. The largest absolute Gasteiger partial charge is 0.393 e. The Morgan fingerprint density at radius 1 is 1.14 bits per heavy atom. The van der Waals surface area contributed by atoms with Crippen molar-refractivity contribution in [2.24, 2.45) is 5.41 Å². The molecular weight excluding hydrogens is 466 g/mol. The lowest BCUT2D eigenvalue weighted by Gasteiger charge is -2.32. The molecule has 9 heteroatoms.